The largest absolute Gasteiger partial charge is 0.488 e. The van der Waals surface area contributed by atoms with Gasteiger partial charge in [0.2, 0.25) is 0 Å². The van der Waals surface area contributed by atoms with Crippen LogP contribution in [0, 0.1) is 13.8 Å². The molecule has 1 aliphatic heterocycles. The molecule has 4 rings (SSSR count). The van der Waals surface area contributed by atoms with Gasteiger partial charge in [-0.3, -0.25) is 9.59 Å². The van der Waals surface area contributed by atoms with E-state index in [9.17, 15) is 9.59 Å². The lowest BCUT2D eigenvalue weighted by atomic mass is 10.1. The highest BCUT2D eigenvalue weighted by Crippen LogP contribution is 2.27. The van der Waals surface area contributed by atoms with Crippen LogP contribution in [0.1, 0.15) is 39.3 Å². The van der Waals surface area contributed by atoms with E-state index in [1.807, 2.05) is 48.9 Å². The van der Waals surface area contributed by atoms with Gasteiger partial charge in [-0.2, -0.15) is 5.10 Å². The number of carbonyl (C=O) groups excluding carboxylic acids is 2. The average Bonchev–Trinajstić information content (AvgIpc) is 3.35. The Kier molecular flexibility index (Phi) is 6.25. The molecule has 0 saturated carbocycles. The third kappa shape index (κ3) is 4.51. The summed E-state index contributed by atoms with van der Waals surface area (Å²) in [6.45, 7) is 4.37. The van der Waals surface area contributed by atoms with Crippen LogP contribution in [0.2, 0.25) is 0 Å². The monoisotopic (exact) mass is 433 g/mol. The molecule has 7 heteroatoms. The van der Waals surface area contributed by atoms with Gasteiger partial charge in [-0.1, -0.05) is 18.2 Å². The number of ether oxygens (including phenoxy) is 2. The summed E-state index contributed by atoms with van der Waals surface area (Å²) in [6, 6.07) is 15.3. The summed E-state index contributed by atoms with van der Waals surface area (Å²) in [7, 11) is 1.39. The number of esters is 1. The average molecular weight is 434 g/mol. The molecule has 1 aromatic heterocycles. The van der Waals surface area contributed by atoms with Crippen molar-refractivity contribution in [1.82, 2.24) is 15.1 Å². The highest BCUT2D eigenvalue weighted by molar-refractivity contribution is 5.94. The Balaban J connectivity index is 1.38. The molecule has 7 nitrogen and oxygen atoms in total. The molecule has 166 valence electrons. The summed E-state index contributed by atoms with van der Waals surface area (Å²) >= 11 is 0. The number of carbonyl (C=O) groups is 2. The number of amides is 1. The second-order valence-corrected chi connectivity index (χ2v) is 7.95. The number of para-hydroxylation sites is 1. The molecule has 2 heterocycles. The van der Waals surface area contributed by atoms with E-state index in [-0.39, 0.29) is 18.0 Å². The molecule has 3 aromatic rings. The van der Waals surface area contributed by atoms with Gasteiger partial charge in [-0.05, 0) is 61.7 Å². The zero-order chi connectivity index (χ0) is 22.7. The van der Waals surface area contributed by atoms with E-state index in [2.05, 4.69) is 16.5 Å². The minimum Gasteiger partial charge on any atom is -0.488 e. The molecule has 0 aliphatic carbocycles. The maximum atomic E-state index is 12.6. The minimum absolute atomic E-state index is 0.0475. The van der Waals surface area contributed by atoms with Crippen LogP contribution < -0.4 is 10.1 Å². The van der Waals surface area contributed by atoms with Crippen molar-refractivity contribution in [2.45, 2.75) is 39.2 Å². The summed E-state index contributed by atoms with van der Waals surface area (Å²) < 4.78 is 12.5. The van der Waals surface area contributed by atoms with Gasteiger partial charge in [0, 0.05) is 24.1 Å². The predicted molar refractivity (Wildman–Crippen MR) is 120 cm³/mol. The molecule has 0 saturated heterocycles. The number of aryl methyl sites for hydroxylation is 1. The maximum Gasteiger partial charge on any atom is 0.305 e. The quantitative estimate of drug-likeness (QED) is 0.578. The summed E-state index contributed by atoms with van der Waals surface area (Å²) in [5, 5.41) is 7.58. The van der Waals surface area contributed by atoms with E-state index in [0.717, 1.165) is 34.8 Å². The molecule has 1 amide bonds. The maximum absolute atomic E-state index is 12.6. The fraction of sp³-hybridized carbons (Fsp3) is 0.320. The lowest BCUT2D eigenvalue weighted by Gasteiger charge is -2.12. The summed E-state index contributed by atoms with van der Waals surface area (Å²) in [5.74, 6) is 0.522. The number of nitrogens with one attached hydrogen (secondary N) is 1. The molecule has 1 atom stereocenters. The van der Waals surface area contributed by atoms with Crippen molar-refractivity contribution in [3.8, 4) is 11.4 Å². The second-order valence-electron chi connectivity index (χ2n) is 7.95. The molecular weight excluding hydrogens is 406 g/mol. The molecule has 2 aromatic carbocycles. The van der Waals surface area contributed by atoms with Crippen LogP contribution in [0.4, 0.5) is 0 Å². The Morgan fingerprint density at radius 2 is 1.91 bits per heavy atom. The van der Waals surface area contributed by atoms with Gasteiger partial charge in [0.15, 0.2) is 0 Å². The fourth-order valence-electron chi connectivity index (χ4n) is 4.05. The Labute approximate surface area is 187 Å². The highest BCUT2D eigenvalue weighted by Gasteiger charge is 2.23. The van der Waals surface area contributed by atoms with Crippen molar-refractivity contribution in [2.75, 3.05) is 13.7 Å². The second kappa shape index (κ2) is 9.26. The summed E-state index contributed by atoms with van der Waals surface area (Å²) in [4.78, 5) is 24.1. The van der Waals surface area contributed by atoms with E-state index < -0.39 is 0 Å². The standard InChI is InChI=1S/C25H27N3O4/c1-16-22(12-13-24(29)31-3)17(2)28(27-16)20-10-8-18(9-11-20)25(30)26-15-21-14-19-6-4-5-7-23(19)32-21/h4-11,21H,12-15H2,1-3H3,(H,26,30). The molecule has 0 fully saturated rings. The topological polar surface area (TPSA) is 82.5 Å². The number of benzene rings is 2. The van der Waals surface area contributed by atoms with Crippen molar-refractivity contribution < 1.29 is 19.1 Å². The van der Waals surface area contributed by atoms with Gasteiger partial charge in [-0.25, -0.2) is 4.68 Å². The molecule has 0 radical (unpaired) electrons. The number of rotatable bonds is 7. The molecular formula is C25H27N3O4. The third-order valence-corrected chi connectivity index (χ3v) is 5.83. The Hall–Kier alpha value is -3.61. The van der Waals surface area contributed by atoms with E-state index in [1.54, 1.807) is 12.1 Å². The lowest BCUT2D eigenvalue weighted by molar-refractivity contribution is -0.140. The van der Waals surface area contributed by atoms with Crippen LogP contribution in [-0.4, -0.2) is 41.4 Å². The van der Waals surface area contributed by atoms with E-state index in [4.69, 9.17) is 9.47 Å². The highest BCUT2D eigenvalue weighted by atomic mass is 16.5. The molecule has 32 heavy (non-hydrogen) atoms. The summed E-state index contributed by atoms with van der Waals surface area (Å²) in [6.07, 6.45) is 1.65. The summed E-state index contributed by atoms with van der Waals surface area (Å²) in [5.41, 5.74) is 5.51. The minimum atomic E-state index is -0.237. The fourth-order valence-corrected chi connectivity index (χ4v) is 4.05. The predicted octanol–water partition coefficient (Wildman–Crippen LogP) is 3.33. The molecule has 0 bridgehead atoms. The number of hydrogen-bond donors (Lipinski definition) is 1. The zero-order valence-electron chi connectivity index (χ0n) is 18.6. The van der Waals surface area contributed by atoms with Gasteiger partial charge < -0.3 is 14.8 Å². The molecule has 0 spiro atoms. The SMILES string of the molecule is COC(=O)CCc1c(C)nn(-c2ccc(C(=O)NCC3Cc4ccccc4O3)cc2)c1C. The van der Waals surface area contributed by atoms with Crippen molar-refractivity contribution in [3.05, 3.63) is 76.6 Å². The van der Waals surface area contributed by atoms with Gasteiger partial charge in [0.1, 0.15) is 11.9 Å². The first kappa shape index (κ1) is 21.6. The number of methoxy groups -OCH3 is 1. The van der Waals surface area contributed by atoms with Crippen molar-refractivity contribution in [3.63, 3.8) is 0 Å². The van der Waals surface area contributed by atoms with Crippen LogP contribution in [-0.2, 0) is 22.4 Å². The first-order valence-corrected chi connectivity index (χ1v) is 10.7. The first-order valence-electron chi connectivity index (χ1n) is 10.7. The first-order chi connectivity index (χ1) is 15.5. The lowest BCUT2D eigenvalue weighted by Crippen LogP contribution is -2.34. The Bertz CT molecular complexity index is 1110. The Morgan fingerprint density at radius 3 is 2.62 bits per heavy atom. The molecule has 1 aliphatic rings. The number of nitrogens with zero attached hydrogens (tertiary/aromatic N) is 2. The van der Waals surface area contributed by atoms with Crippen LogP contribution in [0.5, 0.6) is 5.75 Å². The van der Waals surface area contributed by atoms with Crippen molar-refractivity contribution >= 4 is 11.9 Å². The van der Waals surface area contributed by atoms with Gasteiger partial charge >= 0.3 is 5.97 Å². The smallest absolute Gasteiger partial charge is 0.305 e. The third-order valence-electron chi connectivity index (χ3n) is 5.83. The Morgan fingerprint density at radius 1 is 1.16 bits per heavy atom. The van der Waals surface area contributed by atoms with Crippen molar-refractivity contribution in [1.29, 1.82) is 0 Å². The number of aromatic nitrogens is 2. The number of fused-ring (bicyclic) bond motifs is 1. The molecule has 1 N–H and O–H groups in total. The van der Waals surface area contributed by atoms with Gasteiger partial charge in [0.25, 0.3) is 5.91 Å². The van der Waals surface area contributed by atoms with Gasteiger partial charge in [-0.15, -0.1) is 0 Å². The van der Waals surface area contributed by atoms with Crippen molar-refractivity contribution in [2.24, 2.45) is 0 Å². The van der Waals surface area contributed by atoms with Crippen LogP contribution in [0.15, 0.2) is 48.5 Å². The van der Waals surface area contributed by atoms with E-state index in [0.29, 0.717) is 24.9 Å². The van der Waals surface area contributed by atoms with Crippen LogP contribution >= 0.6 is 0 Å². The zero-order valence-corrected chi connectivity index (χ0v) is 18.6. The van der Waals surface area contributed by atoms with E-state index in [1.165, 1.54) is 12.7 Å². The normalized spacial score (nSPS) is 14.5. The van der Waals surface area contributed by atoms with Crippen LogP contribution in [0.3, 0.4) is 0 Å². The van der Waals surface area contributed by atoms with Gasteiger partial charge in [0.05, 0.1) is 25.0 Å². The molecule has 1 unspecified atom stereocenters. The van der Waals surface area contributed by atoms with E-state index >= 15 is 0 Å². The van der Waals surface area contributed by atoms with Crippen LogP contribution in [0.25, 0.3) is 5.69 Å². The number of hydrogen-bond acceptors (Lipinski definition) is 5.